The minimum atomic E-state index is -0.585. The average molecular weight is 559 g/mol. The molecule has 3 aromatic rings. The monoisotopic (exact) mass is 558 g/mol. The fraction of sp³-hybridized carbons (Fsp3) is 0.394. The summed E-state index contributed by atoms with van der Waals surface area (Å²) in [7, 11) is 3.69. The molecule has 1 heterocycles. The van der Waals surface area contributed by atoms with Crippen LogP contribution in [0.4, 0.5) is 4.39 Å². The molecular weight excluding hydrogens is 519 g/mol. The van der Waals surface area contributed by atoms with Crippen LogP contribution in [0.15, 0.2) is 72.8 Å². The maximum Gasteiger partial charge on any atom is 0.251 e. The number of amides is 2. The Bertz CT molecular complexity index is 1320. The second-order valence-corrected chi connectivity index (χ2v) is 11.1. The molecule has 0 radical (unpaired) electrons. The van der Waals surface area contributed by atoms with E-state index in [0.29, 0.717) is 37.0 Å². The zero-order valence-electron chi connectivity index (χ0n) is 23.8. The highest BCUT2D eigenvalue weighted by molar-refractivity contribution is 5.98. The molecule has 2 N–H and O–H groups in total. The number of likely N-dealkylation sites (N-methyl/N-ethyl adjacent to an activating group) is 1. The molecule has 0 spiro atoms. The number of nitrogens with zero attached hydrogens (tertiary/aromatic N) is 2. The molecule has 216 valence electrons. The van der Waals surface area contributed by atoms with Crippen molar-refractivity contribution in [2.45, 2.75) is 37.3 Å². The van der Waals surface area contributed by atoms with E-state index in [1.807, 2.05) is 53.4 Å². The number of ether oxygens (including phenoxy) is 1. The number of carbonyl (C=O) groups excluding carboxylic acids is 2. The van der Waals surface area contributed by atoms with E-state index in [4.69, 9.17) is 4.74 Å². The Balaban J connectivity index is 1.18. The summed E-state index contributed by atoms with van der Waals surface area (Å²) in [5.41, 5.74) is 3.66. The first-order valence-corrected chi connectivity index (χ1v) is 14.4. The van der Waals surface area contributed by atoms with Crippen molar-refractivity contribution in [1.29, 1.82) is 0 Å². The number of carbonyl (C=O) groups is 2. The normalized spacial score (nSPS) is 19.4. The molecule has 3 aromatic carbocycles. The lowest BCUT2D eigenvalue weighted by atomic mass is 10.0. The van der Waals surface area contributed by atoms with Crippen molar-refractivity contribution < 1.29 is 18.7 Å². The first-order chi connectivity index (χ1) is 19.9. The molecule has 3 atom stereocenters. The molecule has 0 aromatic heterocycles. The highest BCUT2D eigenvalue weighted by Crippen LogP contribution is 2.40. The van der Waals surface area contributed by atoms with Crippen LogP contribution in [0, 0.1) is 5.82 Å². The van der Waals surface area contributed by atoms with E-state index in [-0.39, 0.29) is 17.6 Å². The van der Waals surface area contributed by atoms with Gasteiger partial charge in [0.05, 0.1) is 7.11 Å². The Morgan fingerprint density at radius 1 is 0.976 bits per heavy atom. The zero-order valence-corrected chi connectivity index (χ0v) is 23.8. The molecule has 2 unspecified atom stereocenters. The number of piperazine rings is 1. The predicted molar refractivity (Wildman–Crippen MR) is 159 cm³/mol. The highest BCUT2D eigenvalue weighted by Gasteiger charge is 2.37. The third-order valence-corrected chi connectivity index (χ3v) is 8.13. The van der Waals surface area contributed by atoms with Crippen molar-refractivity contribution >= 4 is 11.8 Å². The highest BCUT2D eigenvalue weighted by atomic mass is 19.1. The summed E-state index contributed by atoms with van der Waals surface area (Å²) in [6, 6.07) is 21.7. The summed E-state index contributed by atoms with van der Waals surface area (Å²) >= 11 is 0. The molecule has 0 bridgehead atoms. The number of rotatable bonds is 11. The third-order valence-electron chi connectivity index (χ3n) is 8.13. The van der Waals surface area contributed by atoms with E-state index in [1.165, 1.54) is 12.1 Å². The molecule has 1 saturated carbocycles. The summed E-state index contributed by atoms with van der Waals surface area (Å²) in [5.74, 6) is 0.691. The maximum atomic E-state index is 13.5. The van der Waals surface area contributed by atoms with Crippen LogP contribution in [0.25, 0.3) is 11.1 Å². The molecule has 8 heteroatoms. The van der Waals surface area contributed by atoms with Gasteiger partial charge in [-0.05, 0) is 85.9 Å². The number of hydrogen-bond acceptors (Lipinski definition) is 5. The van der Waals surface area contributed by atoms with Crippen LogP contribution in [-0.4, -0.2) is 80.6 Å². The Labute approximate surface area is 241 Å². The van der Waals surface area contributed by atoms with Gasteiger partial charge < -0.3 is 25.2 Å². The van der Waals surface area contributed by atoms with E-state index < -0.39 is 6.04 Å². The maximum absolute atomic E-state index is 13.5. The first kappa shape index (κ1) is 28.8. The number of methoxy groups -OCH3 is 1. The van der Waals surface area contributed by atoms with Gasteiger partial charge in [-0.1, -0.05) is 36.4 Å². The molecule has 2 fully saturated rings. The van der Waals surface area contributed by atoms with E-state index in [0.717, 1.165) is 54.9 Å². The van der Waals surface area contributed by atoms with Crippen molar-refractivity contribution in [1.82, 2.24) is 20.4 Å². The number of nitrogens with one attached hydrogen (secondary N) is 2. The van der Waals surface area contributed by atoms with E-state index >= 15 is 0 Å². The van der Waals surface area contributed by atoms with Gasteiger partial charge in [0, 0.05) is 43.7 Å². The Hall–Kier alpha value is -3.75. The summed E-state index contributed by atoms with van der Waals surface area (Å²) in [6.07, 6.45) is 2.34. The molecular formula is C33H39FN4O3. The minimum absolute atomic E-state index is 0.0185. The standard InChI is InChI=1S/C33H39FN4O3/c1-37-17-19-38(20-18-37)33(40)30(7-4-16-35-31-22-29(31)24-12-14-27(34)15-13-24)36-32(39)25-10-8-23(9-11-25)26-5-3-6-28(21-26)41-2/h3,5-6,8-15,21,29-31,35H,4,7,16-20,22H2,1-2H3,(H,36,39)/t29?,30-,31?/m0/s1. The van der Waals surface area contributed by atoms with E-state index in [2.05, 4.69) is 22.6 Å². The fourth-order valence-electron chi connectivity index (χ4n) is 5.46. The van der Waals surface area contributed by atoms with Crippen molar-refractivity contribution in [2.24, 2.45) is 0 Å². The molecule has 7 nitrogen and oxygen atoms in total. The van der Waals surface area contributed by atoms with Crippen LogP contribution in [0.1, 0.15) is 41.1 Å². The lowest BCUT2D eigenvalue weighted by Gasteiger charge is -2.34. The molecule has 1 saturated heterocycles. The second kappa shape index (κ2) is 13.3. The Morgan fingerprint density at radius 3 is 2.41 bits per heavy atom. The van der Waals surface area contributed by atoms with Gasteiger partial charge in [0.15, 0.2) is 0 Å². The summed E-state index contributed by atoms with van der Waals surface area (Å²) in [6.45, 7) is 3.73. The summed E-state index contributed by atoms with van der Waals surface area (Å²) < 4.78 is 18.6. The molecule has 1 aliphatic heterocycles. The van der Waals surface area contributed by atoms with Crippen molar-refractivity contribution in [3.05, 3.63) is 89.7 Å². The van der Waals surface area contributed by atoms with Gasteiger partial charge in [-0.15, -0.1) is 0 Å². The molecule has 41 heavy (non-hydrogen) atoms. The van der Waals surface area contributed by atoms with Gasteiger partial charge in [-0.2, -0.15) is 0 Å². The zero-order chi connectivity index (χ0) is 28.8. The van der Waals surface area contributed by atoms with Gasteiger partial charge in [0.2, 0.25) is 5.91 Å². The topological polar surface area (TPSA) is 73.9 Å². The van der Waals surface area contributed by atoms with Crippen LogP contribution in [-0.2, 0) is 4.79 Å². The van der Waals surface area contributed by atoms with Crippen LogP contribution in [0.3, 0.4) is 0 Å². The van der Waals surface area contributed by atoms with Gasteiger partial charge in [0.25, 0.3) is 5.91 Å². The van der Waals surface area contributed by atoms with Crippen molar-refractivity contribution in [2.75, 3.05) is 46.9 Å². The third kappa shape index (κ3) is 7.51. The van der Waals surface area contributed by atoms with Crippen molar-refractivity contribution in [3.63, 3.8) is 0 Å². The SMILES string of the molecule is COc1cccc(-c2ccc(C(=O)N[C@@H](CCCNC3CC3c3ccc(F)cc3)C(=O)N3CCN(C)CC3)cc2)c1. The number of hydrogen-bond donors (Lipinski definition) is 2. The van der Waals surface area contributed by atoms with E-state index in [9.17, 15) is 14.0 Å². The van der Waals surface area contributed by atoms with Gasteiger partial charge in [0.1, 0.15) is 17.6 Å². The van der Waals surface area contributed by atoms with Gasteiger partial charge >= 0.3 is 0 Å². The lowest BCUT2D eigenvalue weighted by molar-refractivity contribution is -0.135. The molecule has 2 aliphatic rings. The first-order valence-electron chi connectivity index (χ1n) is 14.4. The fourth-order valence-corrected chi connectivity index (χ4v) is 5.46. The average Bonchev–Trinajstić information content (AvgIpc) is 3.78. The van der Waals surface area contributed by atoms with Crippen LogP contribution in [0.2, 0.25) is 0 Å². The largest absolute Gasteiger partial charge is 0.497 e. The number of benzene rings is 3. The summed E-state index contributed by atoms with van der Waals surface area (Å²) in [5, 5.41) is 6.60. The van der Waals surface area contributed by atoms with Crippen molar-refractivity contribution in [3.8, 4) is 16.9 Å². The van der Waals surface area contributed by atoms with E-state index in [1.54, 1.807) is 19.2 Å². The van der Waals surface area contributed by atoms with Gasteiger partial charge in [-0.25, -0.2) is 4.39 Å². The quantitative estimate of drug-likeness (QED) is 0.344. The smallest absolute Gasteiger partial charge is 0.251 e. The Morgan fingerprint density at radius 2 is 1.71 bits per heavy atom. The second-order valence-electron chi connectivity index (χ2n) is 11.1. The summed E-state index contributed by atoms with van der Waals surface area (Å²) in [4.78, 5) is 30.8. The van der Waals surface area contributed by atoms with Gasteiger partial charge in [-0.3, -0.25) is 9.59 Å². The predicted octanol–water partition coefficient (Wildman–Crippen LogP) is 4.30. The minimum Gasteiger partial charge on any atom is -0.497 e. The van der Waals surface area contributed by atoms with Crippen LogP contribution >= 0.6 is 0 Å². The number of halogens is 1. The van der Waals surface area contributed by atoms with Crippen LogP contribution in [0.5, 0.6) is 5.75 Å². The lowest BCUT2D eigenvalue weighted by Crippen LogP contribution is -2.54. The Kier molecular flexibility index (Phi) is 9.31. The molecule has 5 rings (SSSR count). The molecule has 2 amide bonds. The molecule has 1 aliphatic carbocycles. The van der Waals surface area contributed by atoms with Crippen LogP contribution < -0.4 is 15.4 Å².